The number of aryl methyl sites for hydroxylation is 1. The summed E-state index contributed by atoms with van der Waals surface area (Å²) in [4.78, 5) is 17.3. The number of carbonyl (C=O) groups excluding carboxylic acids is 1. The molecule has 1 saturated heterocycles. The van der Waals surface area contributed by atoms with E-state index in [1.54, 1.807) is 6.20 Å². The lowest BCUT2D eigenvalue weighted by Crippen LogP contribution is -2.37. The molecule has 1 aromatic heterocycles. The van der Waals surface area contributed by atoms with Crippen molar-refractivity contribution in [1.29, 1.82) is 0 Å². The molecule has 0 unspecified atom stereocenters. The maximum Gasteiger partial charge on any atom is 0.151 e. The molecular weight excluding hydrogens is 216 g/mol. The van der Waals surface area contributed by atoms with Crippen molar-refractivity contribution < 1.29 is 9.53 Å². The van der Waals surface area contributed by atoms with E-state index in [0.717, 1.165) is 43.7 Å². The number of aromatic nitrogens is 1. The van der Waals surface area contributed by atoms with Gasteiger partial charge in [-0.25, -0.2) is 4.98 Å². The molecule has 2 rings (SSSR count). The minimum absolute atomic E-state index is 0.483. The summed E-state index contributed by atoms with van der Waals surface area (Å²) in [5.74, 6) is 0.961. The van der Waals surface area contributed by atoms with Crippen LogP contribution in [0.2, 0.25) is 0 Å². The van der Waals surface area contributed by atoms with E-state index < -0.39 is 0 Å². The molecule has 0 aliphatic carbocycles. The average molecular weight is 234 g/mol. The number of anilines is 1. The number of hydrogen-bond acceptors (Lipinski definition) is 4. The van der Waals surface area contributed by atoms with Crippen LogP contribution in [0.4, 0.5) is 5.82 Å². The number of nitrogens with zero attached hydrogens (tertiary/aromatic N) is 2. The summed E-state index contributed by atoms with van der Waals surface area (Å²) in [5.41, 5.74) is 1.68. The van der Waals surface area contributed by atoms with E-state index in [1.807, 2.05) is 13.0 Å². The summed E-state index contributed by atoms with van der Waals surface area (Å²) >= 11 is 0. The molecule has 1 aliphatic heterocycles. The van der Waals surface area contributed by atoms with Crippen LogP contribution in [-0.2, 0) is 4.74 Å². The molecule has 92 valence electrons. The van der Waals surface area contributed by atoms with Gasteiger partial charge in [0.25, 0.3) is 0 Å². The molecule has 0 N–H and O–H groups in total. The molecule has 2 heterocycles. The van der Waals surface area contributed by atoms with Gasteiger partial charge in [0.15, 0.2) is 6.29 Å². The lowest BCUT2D eigenvalue weighted by molar-refractivity contribution is 0.0853. The Kier molecular flexibility index (Phi) is 3.74. The van der Waals surface area contributed by atoms with Crippen LogP contribution < -0.4 is 4.90 Å². The molecule has 0 saturated carbocycles. The SMILES string of the molecule is Cc1cc(C=O)cnc1N(C)C1CCOCC1. The standard InChI is InChI=1S/C13H18N2O2/c1-10-7-11(9-16)8-14-13(10)15(2)12-3-5-17-6-4-12/h7-9,12H,3-6H2,1-2H3. The van der Waals surface area contributed by atoms with Crippen molar-refractivity contribution in [2.75, 3.05) is 25.2 Å². The number of carbonyl (C=O) groups is 1. The molecule has 4 nitrogen and oxygen atoms in total. The third kappa shape index (κ3) is 2.64. The van der Waals surface area contributed by atoms with Gasteiger partial charge in [-0.3, -0.25) is 4.79 Å². The lowest BCUT2D eigenvalue weighted by atomic mass is 10.1. The summed E-state index contributed by atoms with van der Waals surface area (Å²) in [5, 5.41) is 0. The number of aldehydes is 1. The highest BCUT2D eigenvalue weighted by molar-refractivity contribution is 5.75. The Bertz CT molecular complexity index is 400. The normalized spacial score (nSPS) is 16.8. The number of rotatable bonds is 3. The third-order valence-corrected chi connectivity index (χ3v) is 3.28. The first-order valence-electron chi connectivity index (χ1n) is 5.95. The first-order valence-corrected chi connectivity index (χ1v) is 5.95. The zero-order chi connectivity index (χ0) is 12.3. The maximum atomic E-state index is 10.7. The predicted octanol–water partition coefficient (Wildman–Crippen LogP) is 1.82. The highest BCUT2D eigenvalue weighted by Gasteiger charge is 2.20. The molecule has 0 bridgehead atoms. The summed E-state index contributed by atoms with van der Waals surface area (Å²) < 4.78 is 5.36. The highest BCUT2D eigenvalue weighted by atomic mass is 16.5. The van der Waals surface area contributed by atoms with E-state index in [9.17, 15) is 4.79 Å². The van der Waals surface area contributed by atoms with E-state index in [1.165, 1.54) is 0 Å². The van der Waals surface area contributed by atoms with E-state index in [4.69, 9.17) is 4.74 Å². The van der Waals surface area contributed by atoms with Crippen LogP contribution >= 0.6 is 0 Å². The lowest BCUT2D eigenvalue weighted by Gasteiger charge is -2.32. The van der Waals surface area contributed by atoms with Crippen molar-refractivity contribution in [3.8, 4) is 0 Å². The van der Waals surface area contributed by atoms with Crippen LogP contribution in [0.15, 0.2) is 12.3 Å². The summed E-state index contributed by atoms with van der Waals surface area (Å²) in [7, 11) is 2.06. The van der Waals surface area contributed by atoms with Gasteiger partial charge in [-0.15, -0.1) is 0 Å². The monoisotopic (exact) mass is 234 g/mol. The molecule has 4 heteroatoms. The Labute approximate surface area is 102 Å². The zero-order valence-corrected chi connectivity index (χ0v) is 10.3. The fraction of sp³-hybridized carbons (Fsp3) is 0.538. The van der Waals surface area contributed by atoms with Gasteiger partial charge >= 0.3 is 0 Å². The van der Waals surface area contributed by atoms with Crippen LogP contribution in [0.5, 0.6) is 0 Å². The molecule has 1 fully saturated rings. The minimum atomic E-state index is 0.483. The fourth-order valence-electron chi connectivity index (χ4n) is 2.27. The van der Waals surface area contributed by atoms with Crippen molar-refractivity contribution in [2.45, 2.75) is 25.8 Å². The Balaban J connectivity index is 2.17. The van der Waals surface area contributed by atoms with Gasteiger partial charge in [-0.2, -0.15) is 0 Å². The molecule has 1 aromatic rings. The largest absolute Gasteiger partial charge is 0.381 e. The first-order chi connectivity index (χ1) is 8.22. The minimum Gasteiger partial charge on any atom is -0.381 e. The van der Waals surface area contributed by atoms with Gasteiger partial charge in [0, 0.05) is 38.1 Å². The summed E-state index contributed by atoms with van der Waals surface area (Å²) in [6.07, 6.45) is 4.53. The van der Waals surface area contributed by atoms with E-state index in [2.05, 4.69) is 16.9 Å². The fourth-order valence-corrected chi connectivity index (χ4v) is 2.27. The Morgan fingerprint density at radius 3 is 2.76 bits per heavy atom. The van der Waals surface area contributed by atoms with Gasteiger partial charge < -0.3 is 9.64 Å². The van der Waals surface area contributed by atoms with Crippen LogP contribution in [-0.4, -0.2) is 37.6 Å². The average Bonchev–Trinajstić information content (AvgIpc) is 2.39. The van der Waals surface area contributed by atoms with Gasteiger partial charge in [-0.1, -0.05) is 0 Å². The highest BCUT2D eigenvalue weighted by Crippen LogP contribution is 2.22. The quantitative estimate of drug-likeness (QED) is 0.748. The Hall–Kier alpha value is -1.42. The second-order valence-electron chi connectivity index (χ2n) is 4.48. The van der Waals surface area contributed by atoms with E-state index in [0.29, 0.717) is 11.6 Å². The van der Waals surface area contributed by atoms with E-state index in [-0.39, 0.29) is 0 Å². The second kappa shape index (κ2) is 5.27. The molecule has 17 heavy (non-hydrogen) atoms. The van der Waals surface area contributed by atoms with Crippen molar-refractivity contribution in [2.24, 2.45) is 0 Å². The molecule has 0 spiro atoms. The molecule has 0 radical (unpaired) electrons. The Morgan fingerprint density at radius 2 is 2.18 bits per heavy atom. The van der Waals surface area contributed by atoms with Crippen LogP contribution in [0.25, 0.3) is 0 Å². The number of ether oxygens (including phenoxy) is 1. The van der Waals surface area contributed by atoms with Gasteiger partial charge in [0.05, 0.1) is 0 Å². The van der Waals surface area contributed by atoms with Gasteiger partial charge in [0.2, 0.25) is 0 Å². The van der Waals surface area contributed by atoms with Crippen LogP contribution in [0, 0.1) is 6.92 Å². The second-order valence-corrected chi connectivity index (χ2v) is 4.48. The van der Waals surface area contributed by atoms with Gasteiger partial charge in [0.1, 0.15) is 5.82 Å². The molecule has 1 aliphatic rings. The Morgan fingerprint density at radius 1 is 1.47 bits per heavy atom. The summed E-state index contributed by atoms with van der Waals surface area (Å²) in [6, 6.07) is 2.36. The number of pyridine rings is 1. The summed E-state index contributed by atoms with van der Waals surface area (Å²) in [6.45, 7) is 3.63. The zero-order valence-electron chi connectivity index (χ0n) is 10.3. The van der Waals surface area contributed by atoms with Crippen molar-refractivity contribution in [3.63, 3.8) is 0 Å². The molecular formula is C13H18N2O2. The van der Waals surface area contributed by atoms with Crippen molar-refractivity contribution >= 4 is 12.1 Å². The first kappa shape index (κ1) is 12.0. The smallest absolute Gasteiger partial charge is 0.151 e. The van der Waals surface area contributed by atoms with Crippen molar-refractivity contribution in [1.82, 2.24) is 4.98 Å². The molecule has 0 aromatic carbocycles. The van der Waals surface area contributed by atoms with Crippen LogP contribution in [0.1, 0.15) is 28.8 Å². The maximum absolute atomic E-state index is 10.7. The third-order valence-electron chi connectivity index (χ3n) is 3.28. The number of hydrogen-bond donors (Lipinski definition) is 0. The molecule has 0 amide bonds. The molecule has 0 atom stereocenters. The topological polar surface area (TPSA) is 42.4 Å². The van der Waals surface area contributed by atoms with Gasteiger partial charge in [-0.05, 0) is 31.4 Å². The van der Waals surface area contributed by atoms with E-state index >= 15 is 0 Å². The van der Waals surface area contributed by atoms with Crippen LogP contribution in [0.3, 0.4) is 0 Å². The predicted molar refractivity (Wildman–Crippen MR) is 66.6 cm³/mol. The van der Waals surface area contributed by atoms with Crippen molar-refractivity contribution in [3.05, 3.63) is 23.4 Å².